The summed E-state index contributed by atoms with van der Waals surface area (Å²) in [5.41, 5.74) is 4.71. The molecule has 2 amide bonds. The lowest BCUT2D eigenvalue weighted by Gasteiger charge is -2.27. The molecule has 15 heteroatoms. The predicted octanol–water partition coefficient (Wildman–Crippen LogP) is -0.897. The Morgan fingerprint density at radius 2 is 1.48 bits per heavy atom. The molecule has 0 aromatic heterocycles. The smallest absolute Gasteiger partial charge is 0.411 e. The first kappa shape index (κ1) is 26.9. The van der Waals surface area contributed by atoms with E-state index in [1.807, 2.05) is 0 Å². The van der Waals surface area contributed by atoms with Gasteiger partial charge in [0, 0.05) is 0 Å². The van der Waals surface area contributed by atoms with Crippen molar-refractivity contribution >= 4 is 17.8 Å². The molecule has 0 bridgehead atoms. The number of hydrogen-bond donors (Lipinski definition) is 5. The van der Waals surface area contributed by atoms with Gasteiger partial charge in [-0.1, -0.05) is 0 Å². The second-order valence-corrected chi connectivity index (χ2v) is 6.00. The summed E-state index contributed by atoms with van der Waals surface area (Å²) in [7, 11) is 0.868. The first-order valence-electron chi connectivity index (χ1n) is 7.92. The molecule has 0 aliphatic heterocycles. The summed E-state index contributed by atoms with van der Waals surface area (Å²) in [6.45, 7) is 0.906. The summed E-state index contributed by atoms with van der Waals surface area (Å²) in [5, 5.41) is 22.0. The minimum absolute atomic E-state index is 0.868. The van der Waals surface area contributed by atoms with Gasteiger partial charge >= 0.3 is 18.3 Å². The zero-order valence-electron chi connectivity index (χ0n) is 15.2. The molecule has 0 heterocycles. The lowest BCUT2D eigenvalue weighted by Crippen LogP contribution is -2.57. The van der Waals surface area contributed by atoms with Gasteiger partial charge in [0.2, 0.25) is 11.8 Å². The maximum absolute atomic E-state index is 13.0. The summed E-state index contributed by atoms with van der Waals surface area (Å²) < 4.78 is 80.2. The standard InChI is InChI=1S/C14H21F6N3O6/c1-5(22-8(26)3-6(24)10(21)13(15,16)17)12(28)23-11(14(18,19)20)7(25)4-9(27)29-2/h5-7,10-11,24-25H,3-4,21H2,1-2H3,(H,22,26)(H,23,28)/t5-,6-,7-,10+,11+/m0/s1. The quantitative estimate of drug-likeness (QED) is 0.230. The minimum Gasteiger partial charge on any atom is -0.469 e. The summed E-state index contributed by atoms with van der Waals surface area (Å²) in [4.78, 5) is 34.5. The zero-order chi connectivity index (χ0) is 23.2. The van der Waals surface area contributed by atoms with Crippen LogP contribution in [-0.4, -0.2) is 77.8 Å². The van der Waals surface area contributed by atoms with E-state index in [9.17, 15) is 50.9 Å². The molecule has 0 rings (SSSR count). The van der Waals surface area contributed by atoms with Gasteiger partial charge in [0.15, 0.2) is 6.04 Å². The fourth-order valence-electron chi connectivity index (χ4n) is 1.95. The first-order chi connectivity index (χ1) is 13.0. The molecule has 0 aromatic carbocycles. The van der Waals surface area contributed by atoms with Crippen LogP contribution in [0.15, 0.2) is 0 Å². The van der Waals surface area contributed by atoms with Gasteiger partial charge in [-0.05, 0) is 6.92 Å². The highest BCUT2D eigenvalue weighted by Gasteiger charge is 2.46. The number of alkyl halides is 6. The van der Waals surface area contributed by atoms with Crippen LogP contribution >= 0.6 is 0 Å². The highest BCUT2D eigenvalue weighted by Crippen LogP contribution is 2.24. The van der Waals surface area contributed by atoms with Gasteiger partial charge in [-0.25, -0.2) is 0 Å². The average molecular weight is 441 g/mol. The molecule has 6 N–H and O–H groups in total. The minimum atomic E-state index is -5.18. The normalized spacial score (nSPS) is 17.5. The van der Waals surface area contributed by atoms with Gasteiger partial charge in [-0.15, -0.1) is 0 Å². The summed E-state index contributed by atoms with van der Waals surface area (Å²) in [6.07, 6.45) is -17.2. The van der Waals surface area contributed by atoms with Crippen LogP contribution in [0.2, 0.25) is 0 Å². The molecule has 0 fully saturated rings. The molecular weight excluding hydrogens is 420 g/mol. The molecule has 170 valence electrons. The number of esters is 1. The number of nitrogens with one attached hydrogen (secondary N) is 2. The van der Waals surface area contributed by atoms with Crippen molar-refractivity contribution in [3.8, 4) is 0 Å². The SMILES string of the molecule is COC(=O)C[C@H](O)[C@@H](NC(=O)[C@H](C)NC(=O)C[C@H](O)[C@@H](N)C(F)(F)F)C(F)(F)F. The Hall–Kier alpha value is -2.13. The summed E-state index contributed by atoms with van der Waals surface area (Å²) >= 11 is 0. The van der Waals surface area contributed by atoms with Gasteiger partial charge in [-0.3, -0.25) is 14.4 Å². The molecule has 0 saturated heterocycles. The fourth-order valence-corrected chi connectivity index (χ4v) is 1.95. The van der Waals surface area contributed by atoms with E-state index >= 15 is 0 Å². The average Bonchev–Trinajstić information content (AvgIpc) is 2.55. The molecule has 0 aliphatic carbocycles. The number of nitrogens with two attached hydrogens (primary N) is 1. The van der Waals surface area contributed by atoms with Crippen molar-refractivity contribution in [1.29, 1.82) is 0 Å². The Morgan fingerprint density at radius 3 is 1.90 bits per heavy atom. The molecule has 0 spiro atoms. The third-order valence-corrected chi connectivity index (χ3v) is 3.60. The maximum Gasteiger partial charge on any atom is 0.411 e. The Kier molecular flexibility index (Phi) is 9.81. The van der Waals surface area contributed by atoms with Crippen LogP contribution in [0.4, 0.5) is 26.3 Å². The Bertz CT molecular complexity index is 585. The molecule has 0 radical (unpaired) electrons. The molecule has 0 aliphatic rings. The van der Waals surface area contributed by atoms with Crippen LogP contribution in [0, 0.1) is 0 Å². The lowest BCUT2D eigenvalue weighted by molar-refractivity contribution is -0.184. The largest absolute Gasteiger partial charge is 0.469 e. The molecular formula is C14H21F6N3O6. The lowest BCUT2D eigenvalue weighted by atomic mass is 10.1. The molecule has 29 heavy (non-hydrogen) atoms. The molecule has 5 atom stereocenters. The summed E-state index contributed by atoms with van der Waals surface area (Å²) in [5.74, 6) is -3.94. The van der Waals surface area contributed by atoms with E-state index in [0.29, 0.717) is 0 Å². The van der Waals surface area contributed by atoms with E-state index in [1.165, 1.54) is 5.32 Å². The van der Waals surface area contributed by atoms with Crippen molar-refractivity contribution in [2.24, 2.45) is 5.73 Å². The second-order valence-electron chi connectivity index (χ2n) is 6.00. The van der Waals surface area contributed by atoms with Gasteiger partial charge < -0.3 is 31.3 Å². The van der Waals surface area contributed by atoms with Crippen molar-refractivity contribution in [2.45, 2.75) is 62.5 Å². The molecule has 0 unspecified atom stereocenters. The molecule has 0 saturated carbocycles. The second kappa shape index (κ2) is 10.6. The molecule has 0 aromatic rings. The number of carbonyl (C=O) groups excluding carboxylic acids is 3. The van der Waals surface area contributed by atoms with E-state index in [-0.39, 0.29) is 0 Å². The maximum atomic E-state index is 13.0. The number of ether oxygens (including phenoxy) is 1. The van der Waals surface area contributed by atoms with Crippen LogP contribution in [0.25, 0.3) is 0 Å². The zero-order valence-corrected chi connectivity index (χ0v) is 15.2. The number of hydrogen-bond acceptors (Lipinski definition) is 7. The Morgan fingerprint density at radius 1 is 0.966 bits per heavy atom. The number of methoxy groups -OCH3 is 1. The number of aliphatic hydroxyl groups excluding tert-OH is 2. The predicted molar refractivity (Wildman–Crippen MR) is 82.9 cm³/mol. The van der Waals surface area contributed by atoms with Gasteiger partial charge in [0.05, 0.1) is 32.2 Å². The Labute approximate surface area is 160 Å². The van der Waals surface area contributed by atoms with Crippen molar-refractivity contribution in [1.82, 2.24) is 10.6 Å². The number of halogens is 6. The van der Waals surface area contributed by atoms with E-state index in [0.717, 1.165) is 14.0 Å². The highest BCUT2D eigenvalue weighted by molar-refractivity contribution is 5.87. The van der Waals surface area contributed by atoms with Crippen molar-refractivity contribution in [3.63, 3.8) is 0 Å². The Balaban J connectivity index is 4.95. The van der Waals surface area contributed by atoms with Gasteiger partial charge in [0.1, 0.15) is 12.1 Å². The summed E-state index contributed by atoms with van der Waals surface area (Å²) in [6, 6.07) is -7.33. The van der Waals surface area contributed by atoms with Crippen molar-refractivity contribution in [3.05, 3.63) is 0 Å². The fraction of sp³-hybridized carbons (Fsp3) is 0.786. The van der Waals surface area contributed by atoms with Crippen LogP contribution < -0.4 is 16.4 Å². The first-order valence-corrected chi connectivity index (χ1v) is 7.92. The monoisotopic (exact) mass is 441 g/mol. The van der Waals surface area contributed by atoms with E-state index in [1.54, 1.807) is 5.32 Å². The highest BCUT2D eigenvalue weighted by atomic mass is 19.4. The van der Waals surface area contributed by atoms with Gasteiger partial charge in [0.25, 0.3) is 0 Å². The number of carbonyl (C=O) groups is 3. The van der Waals surface area contributed by atoms with Crippen LogP contribution in [-0.2, 0) is 19.1 Å². The van der Waals surface area contributed by atoms with E-state index in [4.69, 9.17) is 5.73 Å². The third kappa shape index (κ3) is 9.27. The van der Waals surface area contributed by atoms with Crippen LogP contribution in [0.1, 0.15) is 19.8 Å². The third-order valence-electron chi connectivity index (χ3n) is 3.60. The van der Waals surface area contributed by atoms with Crippen molar-refractivity contribution < 1.29 is 55.7 Å². The molecule has 9 nitrogen and oxygen atoms in total. The number of amides is 2. The number of rotatable bonds is 9. The van der Waals surface area contributed by atoms with Crippen LogP contribution in [0.3, 0.4) is 0 Å². The topological polar surface area (TPSA) is 151 Å². The van der Waals surface area contributed by atoms with E-state index < -0.39 is 73.3 Å². The van der Waals surface area contributed by atoms with Crippen LogP contribution in [0.5, 0.6) is 0 Å². The number of aliphatic hydroxyl groups is 2. The van der Waals surface area contributed by atoms with Crippen molar-refractivity contribution in [2.75, 3.05) is 7.11 Å². The van der Waals surface area contributed by atoms with Gasteiger partial charge in [-0.2, -0.15) is 26.3 Å². The van der Waals surface area contributed by atoms with E-state index in [2.05, 4.69) is 4.74 Å².